The monoisotopic (exact) mass is 363 g/mol. The lowest BCUT2D eigenvalue weighted by molar-refractivity contribution is 0.0696. The van der Waals surface area contributed by atoms with Gasteiger partial charge in [0.05, 0.1) is 11.1 Å². The van der Waals surface area contributed by atoms with E-state index in [-0.39, 0.29) is 22.0 Å². The molecule has 2 aromatic carbocycles. The van der Waals surface area contributed by atoms with Crippen molar-refractivity contribution in [1.82, 2.24) is 14.4 Å². The van der Waals surface area contributed by atoms with Gasteiger partial charge in [0.2, 0.25) is 0 Å². The highest BCUT2D eigenvalue weighted by Gasteiger charge is 2.18. The zero-order valence-corrected chi connectivity index (χ0v) is 15.2. The van der Waals surface area contributed by atoms with Crippen LogP contribution >= 0.6 is 0 Å². The van der Waals surface area contributed by atoms with Gasteiger partial charge >= 0.3 is 5.97 Å². The minimum Gasteiger partial charge on any atom is -0.478 e. The molecule has 27 heavy (non-hydrogen) atoms. The van der Waals surface area contributed by atoms with E-state index in [9.17, 15) is 14.3 Å². The molecule has 0 aliphatic heterocycles. The first-order valence-corrected chi connectivity index (χ1v) is 8.56. The quantitative estimate of drug-likeness (QED) is 0.561. The summed E-state index contributed by atoms with van der Waals surface area (Å²) in [5, 5.41) is 9.22. The van der Waals surface area contributed by atoms with E-state index in [1.165, 1.54) is 11.6 Å². The van der Waals surface area contributed by atoms with Crippen molar-refractivity contribution >= 4 is 22.6 Å². The molecule has 0 unspecified atom stereocenters. The number of aromatic carboxylic acids is 1. The Morgan fingerprint density at radius 2 is 1.85 bits per heavy atom. The molecule has 0 aliphatic rings. The Hall–Kier alpha value is -3.28. The molecule has 2 heterocycles. The first-order valence-electron chi connectivity index (χ1n) is 8.56. The van der Waals surface area contributed by atoms with Gasteiger partial charge in [-0.3, -0.25) is 4.40 Å². The van der Waals surface area contributed by atoms with Gasteiger partial charge in [0.25, 0.3) is 0 Å². The van der Waals surface area contributed by atoms with Crippen molar-refractivity contribution in [2.24, 2.45) is 0 Å². The maximum Gasteiger partial charge on any atom is 0.335 e. The summed E-state index contributed by atoms with van der Waals surface area (Å²) in [4.78, 5) is 20.2. The molecule has 2 aromatic heterocycles. The molecule has 0 aliphatic carbocycles. The highest BCUT2D eigenvalue weighted by molar-refractivity contribution is 5.94. The van der Waals surface area contributed by atoms with Gasteiger partial charge in [0.1, 0.15) is 17.0 Å². The first kappa shape index (κ1) is 17.1. The number of aromatic nitrogens is 3. The molecule has 0 bridgehead atoms. The number of carboxylic acid groups (broad SMARTS) is 1. The molecule has 4 aromatic rings. The number of fused-ring (bicyclic) bond motifs is 3. The minimum absolute atomic E-state index is 0.0253. The van der Waals surface area contributed by atoms with Crippen molar-refractivity contribution in [3.8, 4) is 11.3 Å². The van der Waals surface area contributed by atoms with Crippen LogP contribution in [0, 0.1) is 5.82 Å². The summed E-state index contributed by atoms with van der Waals surface area (Å²) in [6, 6.07) is 10.4. The van der Waals surface area contributed by atoms with Crippen LogP contribution in [0.4, 0.5) is 4.39 Å². The molecular formula is C21H18FN3O2. The number of rotatable bonds is 2. The summed E-state index contributed by atoms with van der Waals surface area (Å²) in [5.74, 6) is -1.84. The van der Waals surface area contributed by atoms with Crippen molar-refractivity contribution in [2.75, 3.05) is 0 Å². The maximum atomic E-state index is 14.6. The first-order chi connectivity index (χ1) is 12.8. The molecule has 0 amide bonds. The van der Waals surface area contributed by atoms with Gasteiger partial charge in [-0.05, 0) is 23.1 Å². The third-order valence-corrected chi connectivity index (χ3v) is 4.64. The minimum atomic E-state index is -1.19. The molecule has 136 valence electrons. The van der Waals surface area contributed by atoms with Crippen LogP contribution in [0.5, 0.6) is 0 Å². The molecule has 0 spiro atoms. The molecule has 4 rings (SSSR count). The van der Waals surface area contributed by atoms with E-state index >= 15 is 0 Å². The van der Waals surface area contributed by atoms with Crippen molar-refractivity contribution < 1.29 is 14.3 Å². The summed E-state index contributed by atoms with van der Waals surface area (Å²) >= 11 is 0. The van der Waals surface area contributed by atoms with Crippen LogP contribution < -0.4 is 0 Å². The zero-order valence-electron chi connectivity index (χ0n) is 15.2. The number of imidazole rings is 1. The summed E-state index contributed by atoms with van der Waals surface area (Å²) < 4.78 is 16.2. The largest absolute Gasteiger partial charge is 0.478 e. The number of hydrogen-bond donors (Lipinski definition) is 1. The Labute approximate surface area is 155 Å². The van der Waals surface area contributed by atoms with Gasteiger partial charge < -0.3 is 5.11 Å². The number of benzene rings is 2. The van der Waals surface area contributed by atoms with Gasteiger partial charge in [-0.25, -0.2) is 19.2 Å². The van der Waals surface area contributed by atoms with Crippen LogP contribution in [-0.2, 0) is 5.41 Å². The molecule has 6 heteroatoms. The second-order valence-electron chi connectivity index (χ2n) is 7.54. The summed E-state index contributed by atoms with van der Waals surface area (Å²) in [6.07, 6.45) is 3.23. The Balaban J connectivity index is 1.99. The van der Waals surface area contributed by atoms with Gasteiger partial charge in [0, 0.05) is 18.0 Å². The summed E-state index contributed by atoms with van der Waals surface area (Å²) in [6.45, 7) is 6.41. The maximum absolute atomic E-state index is 14.6. The van der Waals surface area contributed by atoms with E-state index in [0.29, 0.717) is 11.3 Å². The van der Waals surface area contributed by atoms with Crippen molar-refractivity contribution in [3.63, 3.8) is 0 Å². The zero-order chi connectivity index (χ0) is 19.3. The van der Waals surface area contributed by atoms with Crippen LogP contribution in [0.25, 0.3) is 27.9 Å². The lowest BCUT2D eigenvalue weighted by atomic mass is 9.86. The number of halogens is 1. The third-order valence-electron chi connectivity index (χ3n) is 4.64. The Morgan fingerprint density at radius 1 is 1.15 bits per heavy atom. The summed E-state index contributed by atoms with van der Waals surface area (Å²) in [7, 11) is 0. The fourth-order valence-electron chi connectivity index (χ4n) is 3.18. The molecule has 1 N–H and O–H groups in total. The molecule has 0 atom stereocenters. The van der Waals surface area contributed by atoms with Crippen LogP contribution in [0.3, 0.4) is 0 Å². The Kier molecular flexibility index (Phi) is 3.73. The number of carbonyl (C=O) groups is 1. The number of nitrogens with zero attached hydrogens (tertiary/aromatic N) is 3. The second-order valence-corrected chi connectivity index (χ2v) is 7.54. The third kappa shape index (κ3) is 2.83. The smallest absolute Gasteiger partial charge is 0.335 e. The van der Waals surface area contributed by atoms with Gasteiger partial charge in [-0.1, -0.05) is 45.0 Å². The van der Waals surface area contributed by atoms with Gasteiger partial charge in [-0.15, -0.1) is 0 Å². The molecular weight excluding hydrogens is 345 g/mol. The van der Waals surface area contributed by atoms with Gasteiger partial charge in [-0.2, -0.15) is 0 Å². The Bertz CT molecular complexity index is 1190. The molecule has 0 saturated carbocycles. The lowest BCUT2D eigenvalue weighted by Gasteiger charge is -2.19. The lowest BCUT2D eigenvalue weighted by Crippen LogP contribution is -2.10. The average Bonchev–Trinajstić information content (AvgIpc) is 3.09. The van der Waals surface area contributed by atoms with Crippen LogP contribution in [-0.4, -0.2) is 25.4 Å². The highest BCUT2D eigenvalue weighted by atomic mass is 19.1. The number of carboxylic acids is 1. The molecule has 0 radical (unpaired) electrons. The van der Waals surface area contributed by atoms with E-state index in [2.05, 4.69) is 30.7 Å². The topological polar surface area (TPSA) is 67.5 Å². The normalized spacial score (nSPS) is 12.0. The van der Waals surface area contributed by atoms with Crippen molar-refractivity contribution in [2.45, 2.75) is 26.2 Å². The molecule has 5 nitrogen and oxygen atoms in total. The SMILES string of the molecule is CC(C)(C)c1ccc(-c2nc3cc(C(=O)O)cc(F)c3n3ccnc23)cc1. The predicted molar refractivity (Wildman–Crippen MR) is 102 cm³/mol. The van der Waals surface area contributed by atoms with E-state index in [1.807, 2.05) is 24.3 Å². The fourth-order valence-corrected chi connectivity index (χ4v) is 3.18. The van der Waals surface area contributed by atoms with Crippen LogP contribution in [0.15, 0.2) is 48.8 Å². The van der Waals surface area contributed by atoms with Crippen molar-refractivity contribution in [1.29, 1.82) is 0 Å². The van der Waals surface area contributed by atoms with E-state index in [1.54, 1.807) is 16.8 Å². The van der Waals surface area contributed by atoms with E-state index in [4.69, 9.17) is 0 Å². The standard InChI is InChI=1S/C21H18FN3O2/c1-21(2,3)14-6-4-12(5-7-14)17-19-23-8-9-25(19)18-15(22)10-13(20(26)27)11-16(18)24-17/h4-11H,1-3H3,(H,26,27). The molecule has 0 saturated heterocycles. The Morgan fingerprint density at radius 3 is 2.48 bits per heavy atom. The fraction of sp³-hybridized carbons (Fsp3) is 0.190. The van der Waals surface area contributed by atoms with Crippen molar-refractivity contribution in [3.05, 3.63) is 65.7 Å². The molecule has 0 fully saturated rings. The van der Waals surface area contributed by atoms with Crippen LogP contribution in [0.2, 0.25) is 0 Å². The predicted octanol–water partition coefficient (Wildman–Crippen LogP) is 4.68. The average molecular weight is 363 g/mol. The van der Waals surface area contributed by atoms with E-state index in [0.717, 1.165) is 11.6 Å². The van der Waals surface area contributed by atoms with Crippen LogP contribution in [0.1, 0.15) is 36.7 Å². The van der Waals surface area contributed by atoms with E-state index < -0.39 is 11.8 Å². The number of hydrogen-bond acceptors (Lipinski definition) is 3. The highest BCUT2D eigenvalue weighted by Crippen LogP contribution is 2.30. The summed E-state index contributed by atoms with van der Waals surface area (Å²) in [5.41, 5.74) is 3.49. The second kappa shape index (κ2) is 5.87. The van der Waals surface area contributed by atoms with Gasteiger partial charge in [0.15, 0.2) is 5.65 Å².